The second kappa shape index (κ2) is 2.74. The molecule has 0 saturated heterocycles. The Morgan fingerprint density at radius 2 is 2.31 bits per heavy atom. The molecule has 0 spiro atoms. The second-order valence-corrected chi connectivity index (χ2v) is 3.39. The van der Waals surface area contributed by atoms with Gasteiger partial charge in [-0.05, 0) is 30.4 Å². The first kappa shape index (κ1) is 8.06. The maximum atomic E-state index is 11.5. The van der Waals surface area contributed by atoms with Crippen molar-refractivity contribution < 1.29 is 0 Å². The molecule has 1 aromatic rings. The van der Waals surface area contributed by atoms with Crippen LogP contribution in [0, 0.1) is 11.3 Å². The van der Waals surface area contributed by atoms with E-state index in [1.165, 1.54) is 10.1 Å². The molecule has 2 rings (SSSR count). The van der Waals surface area contributed by atoms with Gasteiger partial charge in [-0.15, -0.1) is 0 Å². The van der Waals surface area contributed by atoms with Crippen LogP contribution in [0.1, 0.15) is 23.1 Å². The van der Waals surface area contributed by atoms with E-state index in [2.05, 4.69) is 0 Å². The third-order valence-electron chi connectivity index (χ3n) is 2.56. The summed E-state index contributed by atoms with van der Waals surface area (Å²) in [5.74, 6) is 0. The third-order valence-corrected chi connectivity index (χ3v) is 2.56. The predicted octanol–water partition coefficient (Wildman–Crippen LogP) is 0.746. The van der Waals surface area contributed by atoms with E-state index in [9.17, 15) is 4.79 Å². The molecule has 66 valence electrons. The number of aryl methyl sites for hydroxylation is 2. The molecular weight excluding hydrogens is 164 g/mol. The minimum atomic E-state index is -0.164. The average molecular weight is 174 g/mol. The molecule has 3 heteroatoms. The van der Waals surface area contributed by atoms with Crippen LogP contribution in [0.15, 0.2) is 11.0 Å². The van der Waals surface area contributed by atoms with Gasteiger partial charge in [-0.1, -0.05) is 0 Å². The van der Waals surface area contributed by atoms with Crippen LogP contribution in [0.5, 0.6) is 0 Å². The lowest BCUT2D eigenvalue weighted by Gasteiger charge is -2.04. The average Bonchev–Trinajstić information content (AvgIpc) is 2.54. The van der Waals surface area contributed by atoms with Crippen molar-refractivity contribution in [3.63, 3.8) is 0 Å². The minimum absolute atomic E-state index is 0.164. The van der Waals surface area contributed by atoms with Gasteiger partial charge in [0.25, 0.3) is 5.56 Å². The molecule has 1 aromatic heterocycles. The molecule has 0 N–H and O–H groups in total. The summed E-state index contributed by atoms with van der Waals surface area (Å²) in [6, 6.07) is 2.00. The van der Waals surface area contributed by atoms with E-state index >= 15 is 0 Å². The summed E-state index contributed by atoms with van der Waals surface area (Å²) in [6.45, 7) is 0. The molecule has 0 unspecified atom stereocenters. The van der Waals surface area contributed by atoms with Crippen molar-refractivity contribution in [2.45, 2.75) is 19.3 Å². The summed E-state index contributed by atoms with van der Waals surface area (Å²) in [5, 5.41) is 8.84. The van der Waals surface area contributed by atoms with Crippen molar-refractivity contribution in [1.29, 1.82) is 5.26 Å². The van der Waals surface area contributed by atoms with E-state index in [0.717, 1.165) is 24.8 Å². The van der Waals surface area contributed by atoms with Gasteiger partial charge in [0.2, 0.25) is 0 Å². The molecule has 0 radical (unpaired) electrons. The van der Waals surface area contributed by atoms with Crippen molar-refractivity contribution in [1.82, 2.24) is 4.57 Å². The molecule has 0 amide bonds. The number of nitrogens with zero attached hydrogens (tertiary/aromatic N) is 2. The van der Waals surface area contributed by atoms with Gasteiger partial charge in [-0.3, -0.25) is 4.79 Å². The summed E-state index contributed by atoms with van der Waals surface area (Å²) < 4.78 is 1.50. The molecule has 0 saturated carbocycles. The number of hydrogen-bond donors (Lipinski definition) is 0. The third kappa shape index (κ3) is 1.06. The normalized spacial score (nSPS) is 13.8. The van der Waals surface area contributed by atoms with Crippen molar-refractivity contribution >= 4 is 0 Å². The lowest BCUT2D eigenvalue weighted by atomic mass is 10.1. The van der Waals surface area contributed by atoms with Crippen LogP contribution < -0.4 is 5.56 Å². The zero-order chi connectivity index (χ0) is 9.42. The first-order valence-electron chi connectivity index (χ1n) is 4.35. The van der Waals surface area contributed by atoms with Crippen molar-refractivity contribution in [3.05, 3.63) is 33.2 Å². The molecule has 1 aliphatic carbocycles. The van der Waals surface area contributed by atoms with Crippen molar-refractivity contribution in [2.75, 3.05) is 0 Å². The Balaban J connectivity index is 2.81. The highest BCUT2D eigenvalue weighted by atomic mass is 16.1. The number of fused-ring (bicyclic) bond motifs is 1. The van der Waals surface area contributed by atoms with Gasteiger partial charge >= 0.3 is 0 Å². The molecule has 0 aromatic carbocycles. The molecule has 0 bridgehead atoms. The minimum Gasteiger partial charge on any atom is -0.317 e. The van der Waals surface area contributed by atoms with Crippen LogP contribution >= 0.6 is 0 Å². The van der Waals surface area contributed by atoms with Gasteiger partial charge in [0.05, 0.1) is 0 Å². The highest BCUT2D eigenvalue weighted by Crippen LogP contribution is 2.22. The van der Waals surface area contributed by atoms with Crippen LogP contribution in [-0.2, 0) is 19.9 Å². The number of pyridine rings is 1. The first-order valence-corrected chi connectivity index (χ1v) is 4.35. The molecule has 0 atom stereocenters. The summed E-state index contributed by atoms with van der Waals surface area (Å²) >= 11 is 0. The van der Waals surface area contributed by atoms with Crippen LogP contribution in [0.4, 0.5) is 0 Å². The standard InChI is InChI=1S/C10H10N2O/c1-12-6-7-3-2-4-8(7)9(5-11)10(12)13/h6H,2-4H2,1H3. The molecule has 1 heterocycles. The monoisotopic (exact) mass is 174 g/mol. The number of hydrogen-bond acceptors (Lipinski definition) is 2. The van der Waals surface area contributed by atoms with Crippen LogP contribution in [-0.4, -0.2) is 4.57 Å². The van der Waals surface area contributed by atoms with Gasteiger partial charge in [-0.25, -0.2) is 0 Å². The largest absolute Gasteiger partial charge is 0.317 e. The van der Waals surface area contributed by atoms with Gasteiger partial charge in [0.1, 0.15) is 11.6 Å². The summed E-state index contributed by atoms with van der Waals surface area (Å²) in [4.78, 5) is 11.5. The first-order chi connectivity index (χ1) is 6.24. The Morgan fingerprint density at radius 1 is 1.54 bits per heavy atom. The maximum absolute atomic E-state index is 11.5. The van der Waals surface area contributed by atoms with Gasteiger partial charge in [0.15, 0.2) is 0 Å². The summed E-state index contributed by atoms with van der Waals surface area (Å²) in [6.07, 6.45) is 4.80. The Hall–Kier alpha value is -1.56. The van der Waals surface area contributed by atoms with Crippen molar-refractivity contribution in [3.8, 4) is 6.07 Å². The molecule has 13 heavy (non-hydrogen) atoms. The smallest absolute Gasteiger partial charge is 0.268 e. The van der Waals surface area contributed by atoms with E-state index in [1.807, 2.05) is 12.3 Å². The quantitative estimate of drug-likeness (QED) is 0.582. The van der Waals surface area contributed by atoms with Gasteiger partial charge in [0, 0.05) is 13.2 Å². The zero-order valence-electron chi connectivity index (χ0n) is 7.50. The van der Waals surface area contributed by atoms with Crippen LogP contribution in [0.25, 0.3) is 0 Å². The molecular formula is C10H10N2O. The number of rotatable bonds is 0. The second-order valence-electron chi connectivity index (χ2n) is 3.39. The zero-order valence-corrected chi connectivity index (χ0v) is 7.50. The fourth-order valence-corrected chi connectivity index (χ4v) is 1.91. The van der Waals surface area contributed by atoms with E-state index in [1.54, 1.807) is 7.05 Å². The predicted molar refractivity (Wildman–Crippen MR) is 48.4 cm³/mol. The highest BCUT2D eigenvalue weighted by Gasteiger charge is 2.18. The lowest BCUT2D eigenvalue weighted by molar-refractivity contribution is 0.839. The fourth-order valence-electron chi connectivity index (χ4n) is 1.91. The van der Waals surface area contributed by atoms with Gasteiger partial charge in [-0.2, -0.15) is 5.26 Å². The Kier molecular flexibility index (Phi) is 1.70. The van der Waals surface area contributed by atoms with Gasteiger partial charge < -0.3 is 4.57 Å². The van der Waals surface area contributed by atoms with E-state index < -0.39 is 0 Å². The van der Waals surface area contributed by atoms with E-state index in [4.69, 9.17) is 5.26 Å². The maximum Gasteiger partial charge on any atom is 0.268 e. The SMILES string of the molecule is Cn1cc2c(c(C#N)c1=O)CCC2. The fraction of sp³-hybridized carbons (Fsp3) is 0.400. The highest BCUT2D eigenvalue weighted by molar-refractivity contribution is 5.42. The number of nitriles is 1. The Bertz CT molecular complexity index is 451. The van der Waals surface area contributed by atoms with Crippen LogP contribution in [0.3, 0.4) is 0 Å². The van der Waals surface area contributed by atoms with Crippen LogP contribution in [0.2, 0.25) is 0 Å². The Labute approximate surface area is 76.2 Å². The summed E-state index contributed by atoms with van der Waals surface area (Å²) in [7, 11) is 1.70. The molecule has 0 aliphatic heterocycles. The topological polar surface area (TPSA) is 45.8 Å². The van der Waals surface area contributed by atoms with E-state index in [0.29, 0.717) is 5.56 Å². The molecule has 1 aliphatic rings. The summed E-state index contributed by atoms with van der Waals surface area (Å²) in [5.41, 5.74) is 2.32. The van der Waals surface area contributed by atoms with Crippen molar-refractivity contribution in [2.24, 2.45) is 7.05 Å². The lowest BCUT2D eigenvalue weighted by Crippen LogP contribution is -2.21. The number of aromatic nitrogens is 1. The molecule has 3 nitrogen and oxygen atoms in total. The Morgan fingerprint density at radius 3 is 3.00 bits per heavy atom. The van der Waals surface area contributed by atoms with E-state index in [-0.39, 0.29) is 5.56 Å². The molecule has 0 fully saturated rings.